The van der Waals surface area contributed by atoms with Crippen LogP contribution in [0.2, 0.25) is 0 Å². The number of ether oxygens (including phenoxy) is 1. The lowest BCUT2D eigenvalue weighted by Crippen LogP contribution is -2.36. The molecule has 2 rings (SSSR count). The van der Waals surface area contributed by atoms with Gasteiger partial charge in [0.2, 0.25) is 0 Å². The van der Waals surface area contributed by atoms with Crippen molar-refractivity contribution in [2.45, 2.75) is 0 Å². The molecule has 1 N–H and O–H groups in total. The van der Waals surface area contributed by atoms with Crippen molar-refractivity contribution in [3.63, 3.8) is 0 Å². The lowest BCUT2D eigenvalue weighted by Gasteiger charge is -2.27. The standard InChI is InChI=1S/C8H11N3O3/c12-11(13)8-7(1-2-9-8)10-3-5-14-6-4-10/h1-2,9H,3-6H2/i1D. The summed E-state index contributed by atoms with van der Waals surface area (Å²) in [5.41, 5.74) is 0.364. The Bertz CT molecular complexity index is 373. The molecule has 1 aliphatic rings. The van der Waals surface area contributed by atoms with E-state index in [0.29, 0.717) is 32.0 Å². The van der Waals surface area contributed by atoms with Gasteiger partial charge >= 0.3 is 5.82 Å². The van der Waals surface area contributed by atoms with Crippen LogP contribution in [-0.4, -0.2) is 36.2 Å². The van der Waals surface area contributed by atoms with Crippen LogP contribution in [0.3, 0.4) is 0 Å². The van der Waals surface area contributed by atoms with Crippen LogP contribution in [0.15, 0.2) is 12.2 Å². The molecule has 0 aliphatic carbocycles. The predicted octanol–water partition coefficient (Wildman–Crippen LogP) is 0.759. The summed E-state index contributed by atoms with van der Waals surface area (Å²) in [6.07, 6.45) is 1.34. The Labute approximate surface area is 82.0 Å². The molecule has 1 aliphatic heterocycles. The lowest BCUT2D eigenvalue weighted by atomic mass is 10.3. The van der Waals surface area contributed by atoms with Gasteiger partial charge in [-0.25, -0.2) is 4.98 Å². The predicted molar refractivity (Wildman–Crippen MR) is 50.5 cm³/mol. The third-order valence-corrected chi connectivity index (χ3v) is 2.15. The molecule has 76 valence electrons. The zero-order valence-corrected chi connectivity index (χ0v) is 7.52. The zero-order valence-electron chi connectivity index (χ0n) is 8.52. The average Bonchev–Trinajstić information content (AvgIpc) is 2.61. The summed E-state index contributed by atoms with van der Waals surface area (Å²) in [7, 11) is 0. The summed E-state index contributed by atoms with van der Waals surface area (Å²) in [6, 6.07) is 0.156. The Kier molecular flexibility index (Phi) is 2.05. The van der Waals surface area contributed by atoms with Crippen LogP contribution in [0, 0.1) is 10.1 Å². The van der Waals surface area contributed by atoms with Crippen LogP contribution < -0.4 is 4.90 Å². The maximum Gasteiger partial charge on any atom is 0.344 e. The van der Waals surface area contributed by atoms with Crippen molar-refractivity contribution in [1.82, 2.24) is 4.98 Å². The second-order valence-electron chi connectivity index (χ2n) is 2.99. The lowest BCUT2D eigenvalue weighted by molar-refractivity contribution is -0.388. The second-order valence-corrected chi connectivity index (χ2v) is 2.99. The van der Waals surface area contributed by atoms with Crippen LogP contribution in [-0.2, 0) is 4.74 Å². The topological polar surface area (TPSA) is 71.4 Å². The molecule has 14 heavy (non-hydrogen) atoms. The molecule has 0 aromatic carbocycles. The quantitative estimate of drug-likeness (QED) is 0.562. The number of hydrogen-bond donors (Lipinski definition) is 1. The van der Waals surface area contributed by atoms with Gasteiger partial charge in [0.05, 0.1) is 20.8 Å². The van der Waals surface area contributed by atoms with E-state index in [1.165, 1.54) is 6.20 Å². The van der Waals surface area contributed by atoms with Gasteiger partial charge in [-0.05, 0) is 4.92 Å². The van der Waals surface area contributed by atoms with Crippen molar-refractivity contribution < 1.29 is 11.0 Å². The maximum atomic E-state index is 10.7. The van der Waals surface area contributed by atoms with E-state index in [1.54, 1.807) is 4.90 Å². The Morgan fingerprint density at radius 1 is 1.64 bits per heavy atom. The van der Waals surface area contributed by atoms with E-state index < -0.39 is 4.92 Å². The van der Waals surface area contributed by atoms with Gasteiger partial charge in [-0.3, -0.25) is 0 Å². The largest absolute Gasteiger partial charge is 0.378 e. The monoisotopic (exact) mass is 198 g/mol. The molecule has 6 heteroatoms. The fourth-order valence-electron chi connectivity index (χ4n) is 1.48. The normalized spacial score (nSPS) is 18.0. The van der Waals surface area contributed by atoms with Crippen LogP contribution in [0.25, 0.3) is 0 Å². The van der Waals surface area contributed by atoms with Gasteiger partial charge in [0.25, 0.3) is 0 Å². The fraction of sp³-hybridized carbons (Fsp3) is 0.500. The number of nitrogens with zero attached hydrogens (tertiary/aromatic N) is 2. The Morgan fingerprint density at radius 3 is 3.00 bits per heavy atom. The minimum absolute atomic E-state index is 0.109. The number of rotatable bonds is 2. The molecule has 0 saturated carbocycles. The van der Waals surface area contributed by atoms with E-state index in [0.717, 1.165) is 0 Å². The van der Waals surface area contributed by atoms with Gasteiger partial charge in [0.15, 0.2) is 0 Å². The highest BCUT2D eigenvalue weighted by Crippen LogP contribution is 2.26. The first-order valence-corrected chi connectivity index (χ1v) is 4.35. The van der Waals surface area contributed by atoms with Gasteiger partial charge < -0.3 is 19.8 Å². The second kappa shape index (κ2) is 3.67. The van der Waals surface area contributed by atoms with Crippen molar-refractivity contribution in [3.05, 3.63) is 22.4 Å². The Balaban J connectivity index is 2.32. The molecule has 0 unspecified atom stereocenters. The number of anilines is 1. The number of aromatic amines is 1. The van der Waals surface area contributed by atoms with E-state index in [4.69, 9.17) is 6.11 Å². The van der Waals surface area contributed by atoms with E-state index in [-0.39, 0.29) is 11.9 Å². The maximum absolute atomic E-state index is 10.7. The average molecular weight is 198 g/mol. The van der Waals surface area contributed by atoms with Gasteiger partial charge in [0.1, 0.15) is 5.69 Å². The number of nitrogens with one attached hydrogen (secondary N) is 1. The van der Waals surface area contributed by atoms with Crippen molar-refractivity contribution in [2.24, 2.45) is 0 Å². The summed E-state index contributed by atoms with van der Waals surface area (Å²) < 4.78 is 12.8. The van der Waals surface area contributed by atoms with Crippen molar-refractivity contribution in [1.29, 1.82) is 0 Å². The highest BCUT2D eigenvalue weighted by molar-refractivity contribution is 5.60. The molecule has 1 fully saturated rings. The first kappa shape index (κ1) is 7.81. The molecular formula is C8H11N3O3. The molecule has 1 aromatic rings. The number of aromatic nitrogens is 1. The molecule has 0 radical (unpaired) electrons. The molecule has 0 bridgehead atoms. The van der Waals surface area contributed by atoms with Gasteiger partial charge in [-0.15, -0.1) is 0 Å². The van der Waals surface area contributed by atoms with E-state index in [1.807, 2.05) is 0 Å². The summed E-state index contributed by atoms with van der Waals surface area (Å²) >= 11 is 0. The van der Waals surface area contributed by atoms with Crippen molar-refractivity contribution >= 4 is 11.5 Å². The van der Waals surface area contributed by atoms with Crippen LogP contribution >= 0.6 is 0 Å². The van der Waals surface area contributed by atoms with Crippen LogP contribution in [0.5, 0.6) is 0 Å². The molecule has 0 amide bonds. The smallest absolute Gasteiger partial charge is 0.344 e. The highest BCUT2D eigenvalue weighted by atomic mass is 16.6. The molecule has 2 heterocycles. The van der Waals surface area contributed by atoms with Crippen LogP contribution in [0.4, 0.5) is 11.5 Å². The molecule has 6 nitrogen and oxygen atoms in total. The van der Waals surface area contributed by atoms with Crippen LogP contribution in [0.1, 0.15) is 1.37 Å². The summed E-state index contributed by atoms with van der Waals surface area (Å²) in [6.45, 7) is 2.26. The number of morpholine rings is 1. The minimum atomic E-state index is -0.497. The minimum Gasteiger partial charge on any atom is -0.378 e. The van der Waals surface area contributed by atoms with Gasteiger partial charge in [-0.2, -0.15) is 0 Å². The zero-order chi connectivity index (χ0) is 10.8. The Hall–Kier alpha value is -1.56. The molecule has 0 atom stereocenters. The van der Waals surface area contributed by atoms with Crippen molar-refractivity contribution in [3.8, 4) is 0 Å². The van der Waals surface area contributed by atoms with E-state index in [2.05, 4.69) is 4.98 Å². The van der Waals surface area contributed by atoms with Gasteiger partial charge in [0, 0.05) is 19.1 Å². The molecule has 0 spiro atoms. The number of nitro groups is 1. The first-order chi connectivity index (χ1) is 7.20. The molecule has 1 aromatic heterocycles. The summed E-state index contributed by atoms with van der Waals surface area (Å²) in [4.78, 5) is 14.5. The molecule has 1 saturated heterocycles. The summed E-state index contributed by atoms with van der Waals surface area (Å²) in [5.74, 6) is -0.109. The SMILES string of the molecule is [2H]c1c[nH]c([N+](=O)[O-])c1N1CCOCC1. The third kappa shape index (κ3) is 1.56. The molecular weight excluding hydrogens is 186 g/mol. The van der Waals surface area contributed by atoms with E-state index in [9.17, 15) is 10.1 Å². The fourth-order valence-corrected chi connectivity index (χ4v) is 1.48. The Morgan fingerprint density at radius 2 is 2.36 bits per heavy atom. The highest BCUT2D eigenvalue weighted by Gasteiger charge is 2.21. The number of H-pyrrole nitrogens is 1. The first-order valence-electron chi connectivity index (χ1n) is 4.85. The summed E-state index contributed by atoms with van der Waals surface area (Å²) in [5, 5.41) is 10.7. The third-order valence-electron chi connectivity index (χ3n) is 2.15. The number of hydrogen-bond acceptors (Lipinski definition) is 4. The van der Waals surface area contributed by atoms with E-state index >= 15 is 0 Å². The van der Waals surface area contributed by atoms with Crippen molar-refractivity contribution in [2.75, 3.05) is 31.2 Å². The van der Waals surface area contributed by atoms with Gasteiger partial charge in [-0.1, -0.05) is 0 Å².